The largest absolute Gasteiger partial charge is 0.505 e. The van der Waals surface area contributed by atoms with Crippen molar-refractivity contribution in [1.29, 1.82) is 0 Å². The number of aromatic nitrogens is 2. The molecule has 1 aliphatic heterocycles. The van der Waals surface area contributed by atoms with E-state index in [1.54, 1.807) is 6.92 Å². The molecule has 1 unspecified atom stereocenters. The number of rotatable bonds is 2. The van der Waals surface area contributed by atoms with Crippen molar-refractivity contribution < 1.29 is 9.90 Å². The first-order chi connectivity index (χ1) is 7.18. The molecule has 1 aromatic heterocycles. The maximum Gasteiger partial charge on any atom is 0.247 e. The number of likely N-dealkylation sites (tertiary alicyclic amines) is 1. The molecule has 1 saturated heterocycles. The SMILES string of the molecule is CC(C(=O)N1CCCC1)n1cc(O)cn1. The normalized spacial score (nSPS) is 18.1. The summed E-state index contributed by atoms with van der Waals surface area (Å²) in [5, 5.41) is 13.1. The summed E-state index contributed by atoms with van der Waals surface area (Å²) in [7, 11) is 0. The summed E-state index contributed by atoms with van der Waals surface area (Å²) in [6, 6.07) is -0.330. The Kier molecular flexibility index (Phi) is 2.62. The van der Waals surface area contributed by atoms with E-state index in [9.17, 15) is 4.79 Å². The van der Waals surface area contributed by atoms with Gasteiger partial charge in [0.05, 0.1) is 12.4 Å². The van der Waals surface area contributed by atoms with E-state index in [2.05, 4.69) is 5.10 Å². The zero-order chi connectivity index (χ0) is 10.8. The Hall–Kier alpha value is -1.52. The molecular weight excluding hydrogens is 194 g/mol. The lowest BCUT2D eigenvalue weighted by molar-refractivity contribution is -0.133. The number of aromatic hydroxyl groups is 1. The van der Waals surface area contributed by atoms with E-state index in [0.717, 1.165) is 25.9 Å². The molecule has 0 saturated carbocycles. The van der Waals surface area contributed by atoms with Crippen LogP contribution in [0.15, 0.2) is 12.4 Å². The minimum atomic E-state index is -0.330. The van der Waals surface area contributed by atoms with Gasteiger partial charge in [-0.2, -0.15) is 5.10 Å². The number of hydrogen-bond donors (Lipinski definition) is 1. The van der Waals surface area contributed by atoms with Gasteiger partial charge >= 0.3 is 0 Å². The molecule has 0 bridgehead atoms. The summed E-state index contributed by atoms with van der Waals surface area (Å²) < 4.78 is 1.50. The maximum atomic E-state index is 11.9. The zero-order valence-electron chi connectivity index (χ0n) is 8.76. The molecule has 0 spiro atoms. The van der Waals surface area contributed by atoms with E-state index in [1.807, 2.05) is 4.90 Å². The first-order valence-corrected chi connectivity index (χ1v) is 5.20. The van der Waals surface area contributed by atoms with E-state index in [0.29, 0.717) is 0 Å². The Bertz CT molecular complexity index is 355. The predicted molar refractivity (Wildman–Crippen MR) is 54.4 cm³/mol. The summed E-state index contributed by atoms with van der Waals surface area (Å²) in [5.41, 5.74) is 0. The van der Waals surface area contributed by atoms with Crippen LogP contribution >= 0.6 is 0 Å². The molecule has 0 aromatic carbocycles. The van der Waals surface area contributed by atoms with Gasteiger partial charge in [-0.3, -0.25) is 9.48 Å². The fraction of sp³-hybridized carbons (Fsp3) is 0.600. The van der Waals surface area contributed by atoms with Crippen LogP contribution in [-0.4, -0.2) is 38.8 Å². The van der Waals surface area contributed by atoms with Gasteiger partial charge in [0.1, 0.15) is 6.04 Å². The van der Waals surface area contributed by atoms with Gasteiger partial charge in [-0.15, -0.1) is 0 Å². The monoisotopic (exact) mass is 209 g/mol. The van der Waals surface area contributed by atoms with Crippen LogP contribution in [0.2, 0.25) is 0 Å². The Balaban J connectivity index is 2.06. The molecule has 82 valence electrons. The van der Waals surface area contributed by atoms with Crippen LogP contribution in [0.1, 0.15) is 25.8 Å². The summed E-state index contributed by atoms with van der Waals surface area (Å²) in [6.07, 6.45) is 4.98. The van der Waals surface area contributed by atoms with Crippen molar-refractivity contribution in [2.45, 2.75) is 25.8 Å². The summed E-state index contributed by atoms with van der Waals surface area (Å²) in [6.45, 7) is 3.49. The minimum absolute atomic E-state index is 0.0793. The standard InChI is InChI=1S/C10H15N3O2/c1-8(13-7-9(14)6-11-13)10(15)12-4-2-3-5-12/h6-8,14H,2-5H2,1H3. The molecule has 1 aromatic rings. The zero-order valence-corrected chi connectivity index (χ0v) is 8.76. The lowest BCUT2D eigenvalue weighted by Crippen LogP contribution is -2.34. The average Bonchev–Trinajstić information content (AvgIpc) is 2.85. The fourth-order valence-electron chi connectivity index (χ4n) is 1.85. The van der Waals surface area contributed by atoms with Crippen LogP contribution in [-0.2, 0) is 4.79 Å². The molecular formula is C10H15N3O2. The Morgan fingerprint density at radius 1 is 1.53 bits per heavy atom. The molecule has 15 heavy (non-hydrogen) atoms. The molecule has 5 heteroatoms. The quantitative estimate of drug-likeness (QED) is 0.782. The van der Waals surface area contributed by atoms with Crippen molar-refractivity contribution in [2.75, 3.05) is 13.1 Å². The van der Waals surface area contributed by atoms with Gasteiger partial charge in [0.15, 0.2) is 5.75 Å². The van der Waals surface area contributed by atoms with Crippen LogP contribution in [0.4, 0.5) is 0 Å². The second-order valence-electron chi connectivity index (χ2n) is 3.89. The number of nitrogens with zero attached hydrogens (tertiary/aromatic N) is 3. The topological polar surface area (TPSA) is 58.4 Å². The second kappa shape index (κ2) is 3.92. The molecule has 1 N–H and O–H groups in total. The van der Waals surface area contributed by atoms with Gasteiger partial charge in [0.2, 0.25) is 5.91 Å². The highest BCUT2D eigenvalue weighted by atomic mass is 16.3. The Morgan fingerprint density at radius 2 is 2.20 bits per heavy atom. The van der Waals surface area contributed by atoms with Crippen LogP contribution in [0.3, 0.4) is 0 Å². The number of amides is 1. The third kappa shape index (κ3) is 1.95. The van der Waals surface area contributed by atoms with Crippen LogP contribution < -0.4 is 0 Å². The third-order valence-corrected chi connectivity index (χ3v) is 2.76. The highest BCUT2D eigenvalue weighted by molar-refractivity contribution is 5.80. The number of hydrogen-bond acceptors (Lipinski definition) is 3. The lowest BCUT2D eigenvalue weighted by atomic mass is 10.3. The predicted octanol–water partition coefficient (Wildman–Crippen LogP) is 0.772. The van der Waals surface area contributed by atoms with Crippen molar-refractivity contribution in [1.82, 2.24) is 14.7 Å². The summed E-state index contributed by atoms with van der Waals surface area (Å²) in [5.74, 6) is 0.173. The van der Waals surface area contributed by atoms with Gasteiger partial charge in [0, 0.05) is 13.1 Å². The molecule has 0 radical (unpaired) electrons. The van der Waals surface area contributed by atoms with Crippen molar-refractivity contribution in [3.63, 3.8) is 0 Å². The lowest BCUT2D eigenvalue weighted by Gasteiger charge is -2.20. The van der Waals surface area contributed by atoms with Gasteiger partial charge in [-0.05, 0) is 19.8 Å². The Labute approximate surface area is 88.3 Å². The second-order valence-corrected chi connectivity index (χ2v) is 3.89. The van der Waals surface area contributed by atoms with Gasteiger partial charge in [-0.1, -0.05) is 0 Å². The van der Waals surface area contributed by atoms with Crippen molar-refractivity contribution in [3.05, 3.63) is 12.4 Å². The van der Waals surface area contributed by atoms with Crippen LogP contribution in [0.5, 0.6) is 5.75 Å². The highest BCUT2D eigenvalue weighted by Gasteiger charge is 2.24. The van der Waals surface area contributed by atoms with Crippen LogP contribution in [0, 0.1) is 0 Å². The highest BCUT2D eigenvalue weighted by Crippen LogP contribution is 2.16. The summed E-state index contributed by atoms with van der Waals surface area (Å²) >= 11 is 0. The maximum absolute atomic E-state index is 11.9. The van der Waals surface area contributed by atoms with E-state index >= 15 is 0 Å². The molecule has 1 atom stereocenters. The first kappa shape index (κ1) is 10.0. The van der Waals surface area contributed by atoms with E-state index < -0.39 is 0 Å². The van der Waals surface area contributed by atoms with E-state index in [-0.39, 0.29) is 17.7 Å². The third-order valence-electron chi connectivity index (χ3n) is 2.76. The van der Waals surface area contributed by atoms with E-state index in [1.165, 1.54) is 17.1 Å². The minimum Gasteiger partial charge on any atom is -0.505 e. The number of carbonyl (C=O) groups excluding carboxylic acids is 1. The first-order valence-electron chi connectivity index (χ1n) is 5.20. The molecule has 2 heterocycles. The molecule has 0 aliphatic carbocycles. The van der Waals surface area contributed by atoms with E-state index in [4.69, 9.17) is 5.11 Å². The average molecular weight is 209 g/mol. The van der Waals surface area contributed by atoms with Gasteiger partial charge in [-0.25, -0.2) is 0 Å². The smallest absolute Gasteiger partial charge is 0.247 e. The molecule has 1 aliphatic rings. The van der Waals surface area contributed by atoms with Gasteiger partial charge < -0.3 is 10.0 Å². The van der Waals surface area contributed by atoms with Crippen molar-refractivity contribution in [2.24, 2.45) is 0 Å². The fourth-order valence-corrected chi connectivity index (χ4v) is 1.85. The van der Waals surface area contributed by atoms with Crippen molar-refractivity contribution in [3.8, 4) is 5.75 Å². The molecule has 2 rings (SSSR count). The summed E-state index contributed by atoms with van der Waals surface area (Å²) in [4.78, 5) is 13.8. The van der Waals surface area contributed by atoms with Crippen LogP contribution in [0.25, 0.3) is 0 Å². The Morgan fingerprint density at radius 3 is 2.73 bits per heavy atom. The molecule has 5 nitrogen and oxygen atoms in total. The number of carbonyl (C=O) groups is 1. The van der Waals surface area contributed by atoms with Gasteiger partial charge in [0.25, 0.3) is 0 Å². The molecule has 1 fully saturated rings. The van der Waals surface area contributed by atoms with Crippen molar-refractivity contribution >= 4 is 5.91 Å². The molecule has 1 amide bonds.